The standard InChI is InChI=1S/C15H16O3/c1-10-8-11(17-2)4-6-13(10)14-9-12(18-3)5-7-15(14)16/h4-9,16H,1-3H3. The maximum Gasteiger partial charge on any atom is 0.123 e. The quantitative estimate of drug-likeness (QED) is 0.899. The lowest BCUT2D eigenvalue weighted by molar-refractivity contribution is 0.412. The van der Waals surface area contributed by atoms with Crippen molar-refractivity contribution in [1.29, 1.82) is 0 Å². The van der Waals surface area contributed by atoms with E-state index in [1.54, 1.807) is 26.4 Å². The minimum atomic E-state index is 0.240. The van der Waals surface area contributed by atoms with Crippen LogP contribution >= 0.6 is 0 Å². The Morgan fingerprint density at radius 1 is 0.833 bits per heavy atom. The van der Waals surface area contributed by atoms with Gasteiger partial charge in [-0.3, -0.25) is 0 Å². The molecule has 2 rings (SSSR count). The van der Waals surface area contributed by atoms with Gasteiger partial charge in [0.1, 0.15) is 17.2 Å². The van der Waals surface area contributed by atoms with Gasteiger partial charge in [0.15, 0.2) is 0 Å². The summed E-state index contributed by atoms with van der Waals surface area (Å²) in [5.41, 5.74) is 2.76. The summed E-state index contributed by atoms with van der Waals surface area (Å²) < 4.78 is 10.4. The van der Waals surface area contributed by atoms with Crippen LogP contribution in [0.4, 0.5) is 0 Å². The second-order valence-electron chi connectivity index (χ2n) is 4.06. The van der Waals surface area contributed by atoms with E-state index in [4.69, 9.17) is 9.47 Å². The Morgan fingerprint density at radius 3 is 2.06 bits per heavy atom. The number of aromatic hydroxyl groups is 1. The SMILES string of the molecule is COc1ccc(-c2cc(OC)ccc2O)c(C)c1. The van der Waals surface area contributed by atoms with Crippen molar-refractivity contribution in [2.45, 2.75) is 6.92 Å². The number of phenolic OH excluding ortho intramolecular Hbond substituents is 1. The Labute approximate surface area is 107 Å². The fraction of sp³-hybridized carbons (Fsp3) is 0.200. The minimum absolute atomic E-state index is 0.240. The van der Waals surface area contributed by atoms with Gasteiger partial charge in [0, 0.05) is 5.56 Å². The van der Waals surface area contributed by atoms with E-state index in [0.29, 0.717) is 0 Å². The Kier molecular flexibility index (Phi) is 3.42. The van der Waals surface area contributed by atoms with Crippen LogP contribution in [0.15, 0.2) is 36.4 Å². The van der Waals surface area contributed by atoms with E-state index < -0.39 is 0 Å². The van der Waals surface area contributed by atoms with Gasteiger partial charge in [0.25, 0.3) is 0 Å². The molecule has 2 aromatic rings. The van der Waals surface area contributed by atoms with Crippen molar-refractivity contribution >= 4 is 0 Å². The van der Waals surface area contributed by atoms with E-state index >= 15 is 0 Å². The van der Waals surface area contributed by atoms with Gasteiger partial charge in [-0.2, -0.15) is 0 Å². The molecule has 0 bridgehead atoms. The van der Waals surface area contributed by atoms with Gasteiger partial charge in [0.05, 0.1) is 14.2 Å². The molecule has 0 atom stereocenters. The fourth-order valence-corrected chi connectivity index (χ4v) is 1.92. The second kappa shape index (κ2) is 5.00. The number of rotatable bonds is 3. The molecular weight excluding hydrogens is 228 g/mol. The molecular formula is C15H16O3. The Balaban J connectivity index is 2.54. The van der Waals surface area contributed by atoms with Crippen LogP contribution in [0.3, 0.4) is 0 Å². The summed E-state index contributed by atoms with van der Waals surface area (Å²) in [6.45, 7) is 1.98. The lowest BCUT2D eigenvalue weighted by Gasteiger charge is -2.11. The maximum atomic E-state index is 9.95. The number of methoxy groups -OCH3 is 2. The van der Waals surface area contributed by atoms with Crippen molar-refractivity contribution in [3.05, 3.63) is 42.0 Å². The molecule has 18 heavy (non-hydrogen) atoms. The molecule has 0 amide bonds. The minimum Gasteiger partial charge on any atom is -0.507 e. The normalized spacial score (nSPS) is 10.2. The van der Waals surface area contributed by atoms with E-state index in [1.165, 1.54) is 0 Å². The van der Waals surface area contributed by atoms with Crippen molar-refractivity contribution < 1.29 is 14.6 Å². The maximum absolute atomic E-state index is 9.95. The molecule has 3 heteroatoms. The monoisotopic (exact) mass is 244 g/mol. The smallest absolute Gasteiger partial charge is 0.123 e. The Bertz CT molecular complexity index is 562. The van der Waals surface area contributed by atoms with Crippen LogP contribution in [0.5, 0.6) is 17.2 Å². The summed E-state index contributed by atoms with van der Waals surface area (Å²) in [7, 11) is 3.24. The zero-order valence-electron chi connectivity index (χ0n) is 10.7. The highest BCUT2D eigenvalue weighted by atomic mass is 16.5. The van der Waals surface area contributed by atoms with Crippen molar-refractivity contribution in [1.82, 2.24) is 0 Å². The average molecular weight is 244 g/mol. The molecule has 3 nitrogen and oxygen atoms in total. The van der Waals surface area contributed by atoms with Gasteiger partial charge >= 0.3 is 0 Å². The van der Waals surface area contributed by atoms with Crippen LogP contribution in [0.25, 0.3) is 11.1 Å². The first-order valence-corrected chi connectivity index (χ1v) is 5.67. The van der Waals surface area contributed by atoms with Crippen LogP contribution in [0.1, 0.15) is 5.56 Å². The summed E-state index contributed by atoms with van der Waals surface area (Å²) in [5.74, 6) is 1.76. The van der Waals surface area contributed by atoms with E-state index in [1.807, 2.05) is 31.2 Å². The van der Waals surface area contributed by atoms with Gasteiger partial charge in [-0.1, -0.05) is 6.07 Å². The lowest BCUT2D eigenvalue weighted by Crippen LogP contribution is -1.89. The highest BCUT2D eigenvalue weighted by molar-refractivity contribution is 5.74. The highest BCUT2D eigenvalue weighted by Gasteiger charge is 2.09. The summed E-state index contributed by atoms with van der Waals surface area (Å²) >= 11 is 0. The van der Waals surface area contributed by atoms with Crippen LogP contribution in [-0.4, -0.2) is 19.3 Å². The average Bonchev–Trinajstić information content (AvgIpc) is 2.39. The van der Waals surface area contributed by atoms with Crippen molar-refractivity contribution in [3.63, 3.8) is 0 Å². The van der Waals surface area contributed by atoms with Crippen LogP contribution in [0.2, 0.25) is 0 Å². The van der Waals surface area contributed by atoms with E-state index in [0.717, 1.165) is 28.2 Å². The topological polar surface area (TPSA) is 38.7 Å². The van der Waals surface area contributed by atoms with Gasteiger partial charge < -0.3 is 14.6 Å². The van der Waals surface area contributed by atoms with Crippen LogP contribution < -0.4 is 9.47 Å². The van der Waals surface area contributed by atoms with E-state index in [-0.39, 0.29) is 5.75 Å². The molecule has 0 unspecified atom stereocenters. The zero-order valence-corrected chi connectivity index (χ0v) is 10.7. The fourth-order valence-electron chi connectivity index (χ4n) is 1.92. The predicted molar refractivity (Wildman–Crippen MR) is 71.4 cm³/mol. The van der Waals surface area contributed by atoms with Gasteiger partial charge in [-0.25, -0.2) is 0 Å². The van der Waals surface area contributed by atoms with Crippen molar-refractivity contribution in [2.24, 2.45) is 0 Å². The number of hydrogen-bond acceptors (Lipinski definition) is 3. The van der Waals surface area contributed by atoms with Gasteiger partial charge in [0.2, 0.25) is 0 Å². The Hall–Kier alpha value is -2.16. The highest BCUT2D eigenvalue weighted by Crippen LogP contribution is 2.35. The lowest BCUT2D eigenvalue weighted by atomic mass is 9.99. The molecule has 0 heterocycles. The first kappa shape index (κ1) is 12.3. The number of hydrogen-bond donors (Lipinski definition) is 1. The first-order chi connectivity index (χ1) is 8.65. The molecule has 0 aliphatic rings. The number of ether oxygens (including phenoxy) is 2. The molecule has 0 aliphatic carbocycles. The molecule has 0 saturated carbocycles. The summed E-state index contributed by atoms with van der Waals surface area (Å²) in [5, 5.41) is 9.95. The third-order valence-corrected chi connectivity index (χ3v) is 2.93. The van der Waals surface area contributed by atoms with E-state index in [9.17, 15) is 5.11 Å². The number of aryl methyl sites for hydroxylation is 1. The molecule has 0 aromatic heterocycles. The third-order valence-electron chi connectivity index (χ3n) is 2.93. The number of phenols is 1. The molecule has 0 saturated heterocycles. The Morgan fingerprint density at radius 2 is 1.44 bits per heavy atom. The molecule has 0 fully saturated rings. The van der Waals surface area contributed by atoms with Crippen LogP contribution in [0, 0.1) is 6.92 Å². The third kappa shape index (κ3) is 2.25. The van der Waals surface area contributed by atoms with Crippen molar-refractivity contribution in [3.8, 4) is 28.4 Å². The molecule has 94 valence electrons. The predicted octanol–water partition coefficient (Wildman–Crippen LogP) is 3.38. The molecule has 0 aliphatic heterocycles. The van der Waals surface area contributed by atoms with E-state index in [2.05, 4.69) is 0 Å². The van der Waals surface area contributed by atoms with Gasteiger partial charge in [-0.15, -0.1) is 0 Å². The first-order valence-electron chi connectivity index (χ1n) is 5.67. The molecule has 1 N–H and O–H groups in total. The van der Waals surface area contributed by atoms with Crippen molar-refractivity contribution in [2.75, 3.05) is 14.2 Å². The summed E-state index contributed by atoms with van der Waals surface area (Å²) in [4.78, 5) is 0. The molecule has 0 radical (unpaired) electrons. The largest absolute Gasteiger partial charge is 0.507 e. The second-order valence-corrected chi connectivity index (χ2v) is 4.06. The van der Waals surface area contributed by atoms with Crippen LogP contribution in [-0.2, 0) is 0 Å². The molecule has 2 aromatic carbocycles. The molecule has 0 spiro atoms. The summed E-state index contributed by atoms with van der Waals surface area (Å²) in [6, 6.07) is 10.9. The number of benzene rings is 2. The summed E-state index contributed by atoms with van der Waals surface area (Å²) in [6.07, 6.45) is 0. The zero-order chi connectivity index (χ0) is 13.1. The van der Waals surface area contributed by atoms with Gasteiger partial charge in [-0.05, 0) is 48.4 Å².